The summed E-state index contributed by atoms with van der Waals surface area (Å²) in [5, 5.41) is 7.04. The summed E-state index contributed by atoms with van der Waals surface area (Å²) in [6, 6.07) is 13.6. The normalized spacial score (nSPS) is 11.2. The van der Waals surface area contributed by atoms with Gasteiger partial charge >= 0.3 is 0 Å². The summed E-state index contributed by atoms with van der Waals surface area (Å²) in [7, 11) is 1.59. The summed E-state index contributed by atoms with van der Waals surface area (Å²) in [6.45, 7) is 7.32. The van der Waals surface area contributed by atoms with Crippen LogP contribution in [-0.2, 0) is 17.8 Å². The van der Waals surface area contributed by atoms with Gasteiger partial charge in [0, 0.05) is 17.1 Å². The van der Waals surface area contributed by atoms with Gasteiger partial charge in [-0.3, -0.25) is 4.79 Å². The molecule has 0 aliphatic heterocycles. The Morgan fingerprint density at radius 3 is 2.36 bits per heavy atom. The van der Waals surface area contributed by atoms with E-state index in [0.29, 0.717) is 11.5 Å². The van der Waals surface area contributed by atoms with Crippen LogP contribution < -0.4 is 20.1 Å². The van der Waals surface area contributed by atoms with Crippen molar-refractivity contribution >= 4 is 17.5 Å². The van der Waals surface area contributed by atoms with Crippen LogP contribution in [-0.4, -0.2) is 31.7 Å². The van der Waals surface area contributed by atoms with Crippen molar-refractivity contribution in [2.75, 3.05) is 20.3 Å². The first-order chi connectivity index (χ1) is 13.3. The van der Waals surface area contributed by atoms with Gasteiger partial charge in [0.15, 0.2) is 18.1 Å². The molecule has 0 spiro atoms. The van der Waals surface area contributed by atoms with E-state index in [1.807, 2.05) is 63.2 Å². The zero-order valence-corrected chi connectivity index (χ0v) is 17.7. The molecule has 0 aliphatic rings. The predicted octanol–water partition coefficient (Wildman–Crippen LogP) is 3.97. The Balaban J connectivity index is 1.82. The van der Waals surface area contributed by atoms with Crippen molar-refractivity contribution in [2.24, 2.45) is 0 Å². The molecule has 5 nitrogen and oxygen atoms in total. The van der Waals surface area contributed by atoms with Gasteiger partial charge in [0.1, 0.15) is 0 Å². The lowest BCUT2D eigenvalue weighted by atomic mass is 10.1. The third-order valence-electron chi connectivity index (χ3n) is 3.93. The molecule has 0 saturated carbocycles. The Labute approximate surface area is 172 Å². The fraction of sp³-hybridized carbons (Fsp3) is 0.409. The molecule has 0 atom stereocenters. The molecule has 0 unspecified atom stereocenters. The van der Waals surface area contributed by atoms with Crippen molar-refractivity contribution in [3.05, 3.63) is 58.6 Å². The van der Waals surface area contributed by atoms with Gasteiger partial charge in [-0.2, -0.15) is 0 Å². The highest BCUT2D eigenvalue weighted by molar-refractivity contribution is 6.30. The van der Waals surface area contributed by atoms with Crippen LogP contribution in [0.4, 0.5) is 0 Å². The zero-order valence-electron chi connectivity index (χ0n) is 17.0. The lowest BCUT2D eigenvalue weighted by molar-refractivity contribution is -0.124. The minimum Gasteiger partial charge on any atom is -0.493 e. The second-order valence-electron chi connectivity index (χ2n) is 7.63. The van der Waals surface area contributed by atoms with Crippen molar-refractivity contribution in [3.8, 4) is 11.5 Å². The number of carbonyl (C=O) groups excluding carboxylic acids is 1. The molecule has 2 N–H and O–H groups in total. The summed E-state index contributed by atoms with van der Waals surface area (Å²) in [6.07, 6.45) is 0.929. The van der Waals surface area contributed by atoms with Crippen molar-refractivity contribution < 1.29 is 14.3 Å². The number of rotatable bonds is 9. The van der Waals surface area contributed by atoms with Gasteiger partial charge in [-0.25, -0.2) is 0 Å². The summed E-state index contributed by atoms with van der Waals surface area (Å²) < 4.78 is 11.0. The number of benzene rings is 2. The largest absolute Gasteiger partial charge is 0.493 e. The smallest absolute Gasteiger partial charge is 0.258 e. The van der Waals surface area contributed by atoms with Crippen molar-refractivity contribution in [1.82, 2.24) is 10.6 Å². The molecular weight excluding hydrogens is 376 g/mol. The molecule has 2 rings (SSSR count). The van der Waals surface area contributed by atoms with Crippen LogP contribution in [0.5, 0.6) is 11.5 Å². The number of hydrogen-bond donors (Lipinski definition) is 2. The monoisotopic (exact) mass is 404 g/mol. The van der Waals surface area contributed by atoms with Gasteiger partial charge in [0.25, 0.3) is 5.91 Å². The molecule has 0 fully saturated rings. The third kappa shape index (κ3) is 7.79. The minimum absolute atomic E-state index is 0.0493. The Hall–Kier alpha value is -2.24. The molecule has 2 aromatic rings. The quantitative estimate of drug-likeness (QED) is 0.621. The number of amides is 1. The lowest BCUT2D eigenvalue weighted by Crippen LogP contribution is -2.43. The van der Waals surface area contributed by atoms with E-state index >= 15 is 0 Å². The lowest BCUT2D eigenvalue weighted by Gasteiger charge is -2.20. The average molecular weight is 405 g/mol. The minimum atomic E-state index is -0.286. The predicted molar refractivity (Wildman–Crippen MR) is 113 cm³/mol. The van der Waals surface area contributed by atoms with Gasteiger partial charge in [-0.1, -0.05) is 29.8 Å². The van der Waals surface area contributed by atoms with E-state index in [0.717, 1.165) is 30.1 Å². The molecule has 2 aromatic carbocycles. The number of hydrogen-bond acceptors (Lipinski definition) is 4. The number of nitrogens with one attached hydrogen (secondary N) is 2. The van der Waals surface area contributed by atoms with Gasteiger partial charge < -0.3 is 20.1 Å². The maximum atomic E-state index is 11.9. The highest BCUT2D eigenvalue weighted by Gasteiger charge is 2.15. The van der Waals surface area contributed by atoms with Crippen LogP contribution >= 0.6 is 11.6 Å². The Morgan fingerprint density at radius 2 is 1.71 bits per heavy atom. The van der Waals surface area contributed by atoms with Gasteiger partial charge in [0.2, 0.25) is 0 Å². The average Bonchev–Trinajstić information content (AvgIpc) is 2.64. The molecule has 6 heteroatoms. The Bertz CT molecular complexity index is 770. The van der Waals surface area contributed by atoms with E-state index < -0.39 is 0 Å². The van der Waals surface area contributed by atoms with Gasteiger partial charge in [0.05, 0.1) is 7.11 Å². The molecule has 152 valence electrons. The zero-order chi connectivity index (χ0) is 20.6. The van der Waals surface area contributed by atoms with E-state index in [2.05, 4.69) is 10.6 Å². The summed E-state index contributed by atoms with van der Waals surface area (Å²) in [5.41, 5.74) is 2.04. The van der Waals surface area contributed by atoms with Crippen LogP contribution in [0.3, 0.4) is 0 Å². The van der Waals surface area contributed by atoms with Gasteiger partial charge in [-0.05, 0) is 69.1 Å². The topological polar surface area (TPSA) is 59.6 Å². The first-order valence-electron chi connectivity index (χ1n) is 9.33. The molecule has 0 bridgehead atoms. The molecule has 0 aromatic heterocycles. The van der Waals surface area contributed by atoms with Crippen LogP contribution in [0.15, 0.2) is 42.5 Å². The Morgan fingerprint density at radius 1 is 1.04 bits per heavy atom. The van der Waals surface area contributed by atoms with Crippen LogP contribution in [0, 0.1) is 0 Å². The molecule has 1 amide bonds. The summed E-state index contributed by atoms with van der Waals surface area (Å²) >= 11 is 5.90. The van der Waals surface area contributed by atoms with Gasteiger partial charge in [-0.15, -0.1) is 0 Å². The first kappa shape index (κ1) is 22.1. The molecule has 28 heavy (non-hydrogen) atoms. The number of methoxy groups -OCH3 is 1. The fourth-order valence-electron chi connectivity index (χ4n) is 2.66. The first-order valence-corrected chi connectivity index (χ1v) is 9.70. The van der Waals surface area contributed by atoms with E-state index in [1.54, 1.807) is 7.11 Å². The Kier molecular flexibility index (Phi) is 8.15. The van der Waals surface area contributed by atoms with E-state index in [1.165, 1.54) is 5.56 Å². The van der Waals surface area contributed by atoms with E-state index in [-0.39, 0.29) is 18.1 Å². The molecular formula is C22H29ClN2O3. The standard InChI is InChI=1S/C22H29ClN2O3/c1-22(2,3)25-21(26)15-28-19-10-7-17(13-20(19)27-4)14-24-12-11-16-5-8-18(23)9-6-16/h5-10,13,24H,11-12,14-15H2,1-4H3,(H,25,26). The highest BCUT2D eigenvalue weighted by atomic mass is 35.5. The van der Waals surface area contributed by atoms with E-state index in [4.69, 9.17) is 21.1 Å². The van der Waals surface area contributed by atoms with Crippen LogP contribution in [0.25, 0.3) is 0 Å². The number of halogens is 1. The van der Waals surface area contributed by atoms with Crippen molar-refractivity contribution in [1.29, 1.82) is 0 Å². The molecule has 0 radical (unpaired) electrons. The second kappa shape index (κ2) is 10.3. The summed E-state index contributed by atoms with van der Waals surface area (Å²) in [5.74, 6) is 1.000. The molecule has 0 heterocycles. The third-order valence-corrected chi connectivity index (χ3v) is 4.19. The molecule has 0 saturated heterocycles. The second-order valence-corrected chi connectivity index (χ2v) is 8.06. The number of ether oxygens (including phenoxy) is 2. The van der Waals surface area contributed by atoms with Crippen LogP contribution in [0.2, 0.25) is 5.02 Å². The van der Waals surface area contributed by atoms with Crippen molar-refractivity contribution in [3.63, 3.8) is 0 Å². The highest BCUT2D eigenvalue weighted by Crippen LogP contribution is 2.28. The fourth-order valence-corrected chi connectivity index (χ4v) is 2.78. The van der Waals surface area contributed by atoms with Crippen LogP contribution in [0.1, 0.15) is 31.9 Å². The van der Waals surface area contributed by atoms with E-state index in [9.17, 15) is 4.79 Å². The molecule has 0 aliphatic carbocycles. The maximum Gasteiger partial charge on any atom is 0.258 e. The van der Waals surface area contributed by atoms with Crippen molar-refractivity contribution in [2.45, 2.75) is 39.3 Å². The number of carbonyl (C=O) groups is 1. The SMILES string of the molecule is COc1cc(CNCCc2ccc(Cl)cc2)ccc1OCC(=O)NC(C)(C)C. The summed E-state index contributed by atoms with van der Waals surface area (Å²) in [4.78, 5) is 11.9. The maximum absolute atomic E-state index is 11.9.